The van der Waals surface area contributed by atoms with Crippen molar-refractivity contribution in [1.82, 2.24) is 0 Å². The maximum absolute atomic E-state index is 5.16. The molecule has 3 heteroatoms. The highest BCUT2D eigenvalue weighted by atomic mass is 17.2. The predicted molar refractivity (Wildman–Crippen MR) is 22.8 cm³/mol. The zero-order valence-corrected chi connectivity index (χ0v) is 4.35. The molecule has 0 amide bonds. The number of hydrogen-bond donors (Lipinski definition) is 0. The van der Waals surface area contributed by atoms with Crippen LogP contribution in [0.5, 0.6) is 0 Å². The summed E-state index contributed by atoms with van der Waals surface area (Å²) in [6.07, 6.45) is 2.09. The van der Waals surface area contributed by atoms with E-state index >= 15 is 0 Å². The Labute approximate surface area is 46.5 Å². The van der Waals surface area contributed by atoms with E-state index in [1.807, 2.05) is 0 Å². The fraction of sp³-hybridized carbons (Fsp3) is 1.00. The van der Waals surface area contributed by atoms with Gasteiger partial charge in [0.25, 0.3) is 5.79 Å². The fourth-order valence-electron chi connectivity index (χ4n) is 1.33. The highest BCUT2D eigenvalue weighted by Gasteiger charge is 2.94. The first kappa shape index (κ1) is 3.82. The van der Waals surface area contributed by atoms with Crippen LogP contribution < -0.4 is 0 Å². The summed E-state index contributed by atoms with van der Waals surface area (Å²) in [7, 11) is 0. The molecule has 3 saturated heterocycles. The summed E-state index contributed by atoms with van der Waals surface area (Å²) in [5.74, 6) is -0.740. The molecule has 0 aromatic rings. The van der Waals surface area contributed by atoms with Gasteiger partial charge in [-0.3, -0.25) is 9.47 Å². The van der Waals surface area contributed by atoms with Gasteiger partial charge in [0.2, 0.25) is 0 Å². The molecule has 3 nitrogen and oxygen atoms in total. The molecule has 0 aromatic heterocycles. The molecular formula is C5H6O3. The normalized spacial score (nSPS) is 66.0. The summed E-state index contributed by atoms with van der Waals surface area (Å²) in [6, 6.07) is 0. The highest BCUT2D eigenvalue weighted by molar-refractivity contribution is 5.13. The second kappa shape index (κ2) is 0.744. The van der Waals surface area contributed by atoms with Crippen LogP contribution in [0.3, 0.4) is 0 Å². The van der Waals surface area contributed by atoms with Crippen molar-refractivity contribution < 1.29 is 14.2 Å². The Morgan fingerprint density at radius 1 is 1.25 bits per heavy atom. The Balaban J connectivity index is 1.98. The number of epoxide rings is 2. The third-order valence-electron chi connectivity index (χ3n) is 1.92. The molecule has 8 heavy (non-hydrogen) atoms. The Morgan fingerprint density at radius 3 is 2.62 bits per heavy atom. The van der Waals surface area contributed by atoms with Gasteiger partial charge in [-0.05, 0) is 6.42 Å². The molecule has 0 aliphatic carbocycles. The van der Waals surface area contributed by atoms with Gasteiger partial charge >= 0.3 is 5.97 Å². The Morgan fingerprint density at radius 2 is 2.12 bits per heavy atom. The monoisotopic (exact) mass is 114 g/mol. The summed E-state index contributed by atoms with van der Waals surface area (Å²) >= 11 is 0. The molecule has 44 valence electrons. The molecule has 0 saturated carbocycles. The van der Waals surface area contributed by atoms with E-state index in [2.05, 4.69) is 0 Å². The molecule has 0 spiro atoms. The summed E-state index contributed by atoms with van der Waals surface area (Å²) in [4.78, 5) is 0. The van der Waals surface area contributed by atoms with Crippen LogP contribution in [0.4, 0.5) is 0 Å². The molecule has 3 fully saturated rings. The topological polar surface area (TPSA) is 34.3 Å². The first-order valence-corrected chi connectivity index (χ1v) is 2.91. The van der Waals surface area contributed by atoms with Crippen molar-refractivity contribution in [3.05, 3.63) is 0 Å². The van der Waals surface area contributed by atoms with Crippen LogP contribution in [0.1, 0.15) is 12.8 Å². The Hall–Kier alpha value is -0.120. The van der Waals surface area contributed by atoms with Crippen LogP contribution in [-0.2, 0) is 14.2 Å². The lowest BCUT2D eigenvalue weighted by Crippen LogP contribution is -2.09. The van der Waals surface area contributed by atoms with E-state index in [0.717, 1.165) is 19.4 Å². The predicted octanol–water partition coefficient (Wildman–Crippen LogP) is 0.207. The van der Waals surface area contributed by atoms with Crippen LogP contribution in [-0.4, -0.2) is 18.4 Å². The van der Waals surface area contributed by atoms with Crippen LogP contribution in [0.15, 0.2) is 0 Å². The standard InChI is InChI=1S/C5H6O3/c1-2-4-5(7-4,8-4)6-3-1/h1-3H2. The summed E-state index contributed by atoms with van der Waals surface area (Å²) < 4.78 is 15.4. The van der Waals surface area contributed by atoms with E-state index in [0.29, 0.717) is 0 Å². The van der Waals surface area contributed by atoms with Gasteiger partial charge in [0, 0.05) is 6.42 Å². The molecule has 3 aliphatic rings. The van der Waals surface area contributed by atoms with E-state index in [4.69, 9.17) is 14.2 Å². The van der Waals surface area contributed by atoms with E-state index in [1.165, 1.54) is 0 Å². The van der Waals surface area contributed by atoms with Crippen molar-refractivity contribution in [1.29, 1.82) is 0 Å². The highest BCUT2D eigenvalue weighted by Crippen LogP contribution is 2.72. The van der Waals surface area contributed by atoms with E-state index in [1.54, 1.807) is 0 Å². The smallest absolute Gasteiger partial charge is 0.323 e. The third-order valence-corrected chi connectivity index (χ3v) is 1.92. The minimum Gasteiger partial charge on any atom is -0.323 e. The molecule has 3 aliphatic heterocycles. The lowest BCUT2D eigenvalue weighted by molar-refractivity contribution is -0.199. The van der Waals surface area contributed by atoms with Crippen molar-refractivity contribution in [2.24, 2.45) is 0 Å². The van der Waals surface area contributed by atoms with Gasteiger partial charge in [-0.15, -0.1) is 0 Å². The molecule has 3 heterocycles. The van der Waals surface area contributed by atoms with E-state index < -0.39 is 5.97 Å². The van der Waals surface area contributed by atoms with Gasteiger partial charge in [0.1, 0.15) is 0 Å². The average Bonchev–Trinajstić information content (AvgIpc) is 2.45. The summed E-state index contributed by atoms with van der Waals surface area (Å²) in [6.45, 7) is 0.793. The maximum Gasteiger partial charge on any atom is 0.346 e. The number of rotatable bonds is 0. The second-order valence-electron chi connectivity index (χ2n) is 2.47. The number of hydrogen-bond acceptors (Lipinski definition) is 3. The molecular weight excluding hydrogens is 108 g/mol. The van der Waals surface area contributed by atoms with Gasteiger partial charge in [-0.25, -0.2) is 0 Å². The average molecular weight is 114 g/mol. The second-order valence-corrected chi connectivity index (χ2v) is 2.47. The largest absolute Gasteiger partial charge is 0.346 e. The van der Waals surface area contributed by atoms with Gasteiger partial charge in [0.15, 0.2) is 0 Å². The first-order chi connectivity index (χ1) is 3.87. The van der Waals surface area contributed by atoms with Crippen molar-refractivity contribution in [3.8, 4) is 0 Å². The maximum atomic E-state index is 5.16. The zero-order valence-electron chi connectivity index (χ0n) is 4.35. The first-order valence-electron chi connectivity index (χ1n) is 2.91. The van der Waals surface area contributed by atoms with Crippen molar-refractivity contribution in [2.45, 2.75) is 24.6 Å². The van der Waals surface area contributed by atoms with Crippen LogP contribution in [0, 0.1) is 0 Å². The van der Waals surface area contributed by atoms with Gasteiger partial charge in [-0.2, -0.15) is 0 Å². The van der Waals surface area contributed by atoms with E-state index in [-0.39, 0.29) is 5.79 Å². The quantitative estimate of drug-likeness (QED) is 0.422. The SMILES string of the molecule is C1COC23OC2(C1)O3. The van der Waals surface area contributed by atoms with Gasteiger partial charge in [0.05, 0.1) is 6.61 Å². The number of ether oxygens (including phenoxy) is 3. The molecule has 3 rings (SSSR count). The Kier molecular flexibility index (Phi) is 0.355. The van der Waals surface area contributed by atoms with Crippen molar-refractivity contribution in [2.75, 3.05) is 6.61 Å². The van der Waals surface area contributed by atoms with Gasteiger partial charge < -0.3 is 4.74 Å². The Bertz CT molecular complexity index is 132. The molecule has 0 atom stereocenters. The lowest BCUT2D eigenvalue weighted by Gasteiger charge is -1.98. The molecule has 0 unspecified atom stereocenters. The van der Waals surface area contributed by atoms with Crippen molar-refractivity contribution >= 4 is 0 Å². The van der Waals surface area contributed by atoms with E-state index in [9.17, 15) is 0 Å². The molecule has 0 bridgehead atoms. The van der Waals surface area contributed by atoms with Crippen LogP contribution in [0.25, 0.3) is 0 Å². The fourth-order valence-corrected chi connectivity index (χ4v) is 1.33. The van der Waals surface area contributed by atoms with Crippen molar-refractivity contribution in [3.63, 3.8) is 0 Å². The summed E-state index contributed by atoms with van der Waals surface area (Å²) in [5, 5.41) is 0. The summed E-state index contributed by atoms with van der Waals surface area (Å²) in [5.41, 5.74) is 0. The lowest BCUT2D eigenvalue weighted by atomic mass is 10.2. The molecule has 0 N–H and O–H groups in total. The minimum atomic E-state index is -0.509. The van der Waals surface area contributed by atoms with Crippen LogP contribution >= 0.6 is 0 Å². The molecule has 0 radical (unpaired) electrons. The van der Waals surface area contributed by atoms with Gasteiger partial charge in [-0.1, -0.05) is 0 Å². The minimum absolute atomic E-state index is 0.231. The van der Waals surface area contributed by atoms with Crippen LogP contribution in [0.2, 0.25) is 0 Å². The zero-order chi connectivity index (χ0) is 5.24. The molecule has 0 aromatic carbocycles. The third kappa shape index (κ3) is 0.209.